The monoisotopic (exact) mass is 680 g/mol. The standard InChI is InChI=1S/C37H72O5Si3/c1-14-43(8,9)40-27-21-23-37(6)30-22-24-36(5)28(26(4)17-20-32(38)39-7)18-19-29(36)33(30)35(42-45(12,13)16-3)34(31(37)25-27)41-44(10,11)15-2/h26-31,33-35H,14-25H2,1-13H3/t26-,27-,28-,29+,30+,31-,33+,34-,35+,36-,37-/m1/s1. The molecule has 0 saturated heterocycles. The van der Waals surface area contributed by atoms with Crippen LogP contribution >= 0.6 is 0 Å². The van der Waals surface area contributed by atoms with Crippen LogP contribution < -0.4 is 0 Å². The van der Waals surface area contributed by atoms with Crippen LogP contribution in [0.3, 0.4) is 0 Å². The summed E-state index contributed by atoms with van der Waals surface area (Å²) in [5.74, 6) is 3.49. The molecule has 4 saturated carbocycles. The first-order chi connectivity index (χ1) is 20.9. The van der Waals surface area contributed by atoms with Gasteiger partial charge in [-0.25, -0.2) is 0 Å². The highest BCUT2D eigenvalue weighted by molar-refractivity contribution is 6.72. The first-order valence-corrected chi connectivity index (χ1v) is 28.3. The third-order valence-electron chi connectivity index (χ3n) is 14.4. The zero-order valence-electron chi connectivity index (χ0n) is 31.7. The fraction of sp³-hybridized carbons (Fsp3) is 0.973. The first kappa shape index (κ1) is 37.8. The van der Waals surface area contributed by atoms with Crippen LogP contribution in [0.15, 0.2) is 0 Å². The molecule has 0 bridgehead atoms. The molecule has 4 aliphatic rings. The number of carbonyl (C=O) groups is 1. The van der Waals surface area contributed by atoms with Gasteiger partial charge < -0.3 is 18.0 Å². The Kier molecular flexibility index (Phi) is 11.8. The third-order valence-corrected chi connectivity index (χ3v) is 22.3. The quantitative estimate of drug-likeness (QED) is 0.143. The second kappa shape index (κ2) is 14.1. The van der Waals surface area contributed by atoms with Crippen molar-refractivity contribution >= 4 is 30.9 Å². The van der Waals surface area contributed by atoms with E-state index in [-0.39, 0.29) is 23.6 Å². The smallest absolute Gasteiger partial charge is 0.305 e. The number of rotatable bonds is 13. The van der Waals surface area contributed by atoms with Crippen molar-refractivity contribution in [2.45, 2.75) is 175 Å². The van der Waals surface area contributed by atoms with E-state index in [9.17, 15) is 4.79 Å². The van der Waals surface area contributed by atoms with Crippen molar-refractivity contribution in [3.05, 3.63) is 0 Å². The molecule has 4 rings (SSSR count). The lowest BCUT2D eigenvalue weighted by Crippen LogP contribution is -2.68. The number of carbonyl (C=O) groups excluding carboxylic acids is 1. The highest BCUT2D eigenvalue weighted by Gasteiger charge is 2.67. The fourth-order valence-corrected chi connectivity index (χ4v) is 14.3. The van der Waals surface area contributed by atoms with E-state index in [1.54, 1.807) is 0 Å². The first-order valence-electron chi connectivity index (χ1n) is 19.0. The van der Waals surface area contributed by atoms with E-state index in [2.05, 4.69) is 80.8 Å². The van der Waals surface area contributed by atoms with Gasteiger partial charge in [-0.05, 0) is 155 Å². The molecule has 0 amide bonds. The topological polar surface area (TPSA) is 54.0 Å². The van der Waals surface area contributed by atoms with E-state index in [1.807, 2.05) is 0 Å². The summed E-state index contributed by atoms with van der Waals surface area (Å²) in [5, 5.41) is 0. The highest BCUT2D eigenvalue weighted by Crippen LogP contribution is 2.69. The minimum Gasteiger partial charge on any atom is -0.469 e. The van der Waals surface area contributed by atoms with Crippen LogP contribution in [0, 0.1) is 46.3 Å². The van der Waals surface area contributed by atoms with Crippen molar-refractivity contribution < 1.29 is 22.8 Å². The minimum atomic E-state index is -1.89. The zero-order chi connectivity index (χ0) is 33.6. The molecule has 4 aliphatic carbocycles. The maximum Gasteiger partial charge on any atom is 0.305 e. The van der Waals surface area contributed by atoms with Gasteiger partial charge in [0.2, 0.25) is 0 Å². The minimum absolute atomic E-state index is 0.0657. The van der Waals surface area contributed by atoms with E-state index < -0.39 is 25.0 Å². The Bertz CT molecular complexity index is 1020. The molecule has 0 unspecified atom stereocenters. The van der Waals surface area contributed by atoms with Crippen LogP contribution in [0.1, 0.15) is 99.3 Å². The second-order valence-corrected chi connectivity index (χ2v) is 31.6. The van der Waals surface area contributed by atoms with Crippen molar-refractivity contribution in [1.29, 1.82) is 0 Å². The lowest BCUT2D eigenvalue weighted by molar-refractivity contribution is -0.213. The molecule has 0 radical (unpaired) electrons. The molecule has 0 aromatic carbocycles. The molecule has 45 heavy (non-hydrogen) atoms. The van der Waals surface area contributed by atoms with Crippen LogP contribution in [0.25, 0.3) is 0 Å². The van der Waals surface area contributed by atoms with Gasteiger partial charge in [0.25, 0.3) is 0 Å². The van der Waals surface area contributed by atoms with Gasteiger partial charge in [-0.1, -0.05) is 41.5 Å². The summed E-state index contributed by atoms with van der Waals surface area (Å²) < 4.78 is 27.3. The third kappa shape index (κ3) is 7.76. The van der Waals surface area contributed by atoms with Gasteiger partial charge in [-0.2, -0.15) is 0 Å². The molecule has 0 N–H and O–H groups in total. The number of fused-ring (bicyclic) bond motifs is 5. The predicted molar refractivity (Wildman–Crippen MR) is 195 cm³/mol. The molecule has 0 aromatic rings. The average molecular weight is 681 g/mol. The Hall–Kier alpha value is 0.000649. The predicted octanol–water partition coefficient (Wildman–Crippen LogP) is 10.3. The zero-order valence-corrected chi connectivity index (χ0v) is 34.7. The van der Waals surface area contributed by atoms with E-state index in [0.717, 1.165) is 24.9 Å². The highest BCUT2D eigenvalue weighted by atomic mass is 28.4. The van der Waals surface area contributed by atoms with Crippen molar-refractivity contribution in [2.24, 2.45) is 46.3 Å². The van der Waals surface area contributed by atoms with Gasteiger partial charge >= 0.3 is 5.97 Å². The average Bonchev–Trinajstić information content (AvgIpc) is 3.34. The number of esters is 1. The van der Waals surface area contributed by atoms with Gasteiger partial charge in [0.15, 0.2) is 25.0 Å². The Balaban J connectivity index is 1.76. The summed E-state index contributed by atoms with van der Waals surface area (Å²) in [7, 11) is -3.91. The SMILES string of the molecule is CC[Si](C)(C)O[C@@H]1CC[C@@]2(C)[C@H](C1)[C@@H](O[Si](C)(C)CC)[C@@H](O[Si](C)(C)CC)[C@@H]1[C@@H]2CC[C@]2(C)[C@@H]([C@H](C)CCC(=O)OC)CC[C@@H]12. The summed E-state index contributed by atoms with van der Waals surface area (Å²) in [4.78, 5) is 12.1. The number of hydrogen-bond donors (Lipinski definition) is 0. The maximum atomic E-state index is 12.1. The molecule has 0 spiro atoms. The van der Waals surface area contributed by atoms with Crippen molar-refractivity contribution in [2.75, 3.05) is 7.11 Å². The van der Waals surface area contributed by atoms with Gasteiger partial charge in [0, 0.05) is 12.5 Å². The Morgan fingerprint density at radius 3 is 1.84 bits per heavy atom. The summed E-state index contributed by atoms with van der Waals surface area (Å²) in [5.41, 5.74) is 0.553. The van der Waals surface area contributed by atoms with Crippen LogP contribution in [0.5, 0.6) is 0 Å². The van der Waals surface area contributed by atoms with E-state index in [0.29, 0.717) is 53.4 Å². The summed E-state index contributed by atoms with van der Waals surface area (Å²) in [6.07, 6.45) is 11.0. The largest absolute Gasteiger partial charge is 0.469 e. The normalized spacial score (nSPS) is 39.5. The molecule has 0 aliphatic heterocycles. The summed E-state index contributed by atoms with van der Waals surface area (Å²) >= 11 is 0. The molecular formula is C37H72O5Si3. The molecular weight excluding hydrogens is 609 g/mol. The maximum absolute atomic E-state index is 12.1. The second-order valence-electron chi connectivity index (χ2n) is 18.2. The number of hydrogen-bond acceptors (Lipinski definition) is 5. The van der Waals surface area contributed by atoms with Crippen molar-refractivity contribution in [3.8, 4) is 0 Å². The van der Waals surface area contributed by atoms with E-state index in [4.69, 9.17) is 18.0 Å². The molecule has 262 valence electrons. The number of methoxy groups -OCH3 is 1. The lowest BCUT2D eigenvalue weighted by Gasteiger charge is -2.66. The van der Waals surface area contributed by atoms with Crippen LogP contribution in [-0.2, 0) is 22.8 Å². The van der Waals surface area contributed by atoms with Crippen LogP contribution in [-0.4, -0.2) is 56.3 Å². The lowest BCUT2D eigenvalue weighted by atomic mass is 9.43. The molecule has 11 atom stereocenters. The van der Waals surface area contributed by atoms with E-state index >= 15 is 0 Å². The summed E-state index contributed by atoms with van der Waals surface area (Å²) in [6, 6.07) is 3.45. The molecule has 5 nitrogen and oxygen atoms in total. The van der Waals surface area contributed by atoms with Gasteiger partial charge in [0.05, 0.1) is 19.3 Å². The molecule has 4 fully saturated rings. The Labute approximate surface area is 281 Å². The van der Waals surface area contributed by atoms with E-state index in [1.165, 1.54) is 51.7 Å². The van der Waals surface area contributed by atoms with Gasteiger partial charge in [-0.3, -0.25) is 4.79 Å². The van der Waals surface area contributed by atoms with Gasteiger partial charge in [0.1, 0.15) is 0 Å². The number of ether oxygens (including phenoxy) is 1. The molecule has 8 heteroatoms. The Morgan fingerprint density at radius 1 is 0.733 bits per heavy atom. The molecule has 0 aromatic heterocycles. The van der Waals surface area contributed by atoms with Gasteiger partial charge in [-0.15, -0.1) is 0 Å². The van der Waals surface area contributed by atoms with Crippen molar-refractivity contribution in [1.82, 2.24) is 0 Å². The fourth-order valence-electron chi connectivity index (χ4n) is 10.6. The van der Waals surface area contributed by atoms with Crippen LogP contribution in [0.2, 0.25) is 57.4 Å². The van der Waals surface area contributed by atoms with Crippen molar-refractivity contribution in [3.63, 3.8) is 0 Å². The van der Waals surface area contributed by atoms with Crippen LogP contribution in [0.4, 0.5) is 0 Å². The summed E-state index contributed by atoms with van der Waals surface area (Å²) in [6.45, 7) is 29.3. The Morgan fingerprint density at radius 2 is 1.27 bits per heavy atom. The molecule has 0 heterocycles.